The van der Waals surface area contributed by atoms with Crippen LogP contribution in [-0.4, -0.2) is 13.7 Å². The van der Waals surface area contributed by atoms with Gasteiger partial charge in [0.25, 0.3) is 0 Å². The van der Waals surface area contributed by atoms with Crippen LogP contribution in [0.3, 0.4) is 0 Å². The maximum atomic E-state index is 12.5. The Morgan fingerprint density at radius 2 is 1.76 bits per heavy atom. The minimum Gasteiger partial charge on any atom is -0.497 e. The number of ether oxygens (including phenoxy) is 2. The fraction of sp³-hybridized carbons (Fsp3) is 0.250. The van der Waals surface area contributed by atoms with Gasteiger partial charge in [0.2, 0.25) is 0 Å². The molecule has 0 spiro atoms. The highest BCUT2D eigenvalue weighted by atomic mass is 79.9. The third-order valence-corrected chi connectivity index (χ3v) is 4.14. The Kier molecular flexibility index (Phi) is 5.17. The van der Waals surface area contributed by atoms with Gasteiger partial charge < -0.3 is 9.47 Å². The van der Waals surface area contributed by atoms with Crippen molar-refractivity contribution in [1.29, 1.82) is 0 Å². The predicted octanol–water partition coefficient (Wildman–Crippen LogP) is 5.09. The molecule has 0 aromatic heterocycles. The van der Waals surface area contributed by atoms with E-state index in [4.69, 9.17) is 4.74 Å². The first-order chi connectivity index (χ1) is 10.0. The van der Waals surface area contributed by atoms with Gasteiger partial charge in [-0.3, -0.25) is 0 Å². The summed E-state index contributed by atoms with van der Waals surface area (Å²) in [6.45, 7) is -0.897. The summed E-state index contributed by atoms with van der Waals surface area (Å²) in [5.41, 5.74) is 2.63. The first kappa shape index (κ1) is 15.8. The minimum atomic E-state index is -2.84. The quantitative estimate of drug-likeness (QED) is 0.694. The molecule has 0 aliphatic heterocycles. The van der Waals surface area contributed by atoms with Crippen molar-refractivity contribution in [2.24, 2.45) is 0 Å². The first-order valence-electron chi connectivity index (χ1n) is 6.35. The third-order valence-electron chi connectivity index (χ3n) is 3.16. The lowest BCUT2D eigenvalue weighted by Crippen LogP contribution is -2.06. The van der Waals surface area contributed by atoms with Gasteiger partial charge in [0.05, 0.1) is 11.9 Å². The molecule has 0 aliphatic carbocycles. The molecule has 0 saturated carbocycles. The second kappa shape index (κ2) is 6.89. The highest BCUT2D eigenvalue weighted by Crippen LogP contribution is 2.39. The zero-order valence-electron chi connectivity index (χ0n) is 11.6. The topological polar surface area (TPSA) is 18.5 Å². The van der Waals surface area contributed by atoms with Crippen LogP contribution in [0.15, 0.2) is 42.5 Å². The van der Waals surface area contributed by atoms with Crippen LogP contribution in [0.2, 0.25) is 0 Å². The molecule has 21 heavy (non-hydrogen) atoms. The van der Waals surface area contributed by atoms with Crippen molar-refractivity contribution in [1.82, 2.24) is 0 Å². The molecule has 0 radical (unpaired) electrons. The van der Waals surface area contributed by atoms with E-state index in [9.17, 15) is 8.78 Å². The van der Waals surface area contributed by atoms with E-state index in [-0.39, 0.29) is 10.6 Å². The van der Waals surface area contributed by atoms with Gasteiger partial charge in [0, 0.05) is 5.56 Å². The molecule has 0 N–H and O–H groups in total. The highest BCUT2D eigenvalue weighted by Gasteiger charge is 2.19. The van der Waals surface area contributed by atoms with Crippen molar-refractivity contribution >= 4 is 15.9 Å². The molecule has 0 heterocycles. The summed E-state index contributed by atoms with van der Waals surface area (Å²) in [5.74, 6) is 0.928. The van der Waals surface area contributed by atoms with E-state index in [0.29, 0.717) is 5.56 Å². The number of halogens is 3. The molecule has 1 unspecified atom stereocenters. The fourth-order valence-electron chi connectivity index (χ4n) is 2.12. The summed E-state index contributed by atoms with van der Waals surface area (Å²) in [6.07, 6.45) is 0. The number of benzene rings is 2. The van der Waals surface area contributed by atoms with Gasteiger partial charge in [-0.05, 0) is 36.2 Å². The van der Waals surface area contributed by atoms with E-state index in [0.717, 1.165) is 16.9 Å². The molecule has 0 bridgehead atoms. The molecule has 5 heteroatoms. The second-order valence-corrected chi connectivity index (χ2v) is 5.42. The van der Waals surface area contributed by atoms with Crippen molar-refractivity contribution in [2.75, 3.05) is 7.11 Å². The molecule has 2 aromatic carbocycles. The largest absolute Gasteiger partial charge is 0.497 e. The van der Waals surface area contributed by atoms with Gasteiger partial charge in [-0.15, -0.1) is 0 Å². The van der Waals surface area contributed by atoms with Gasteiger partial charge in [0.1, 0.15) is 11.5 Å². The number of aryl methyl sites for hydroxylation is 1. The predicted molar refractivity (Wildman–Crippen MR) is 81.6 cm³/mol. The smallest absolute Gasteiger partial charge is 0.387 e. The summed E-state index contributed by atoms with van der Waals surface area (Å²) in [5, 5.41) is 0. The Morgan fingerprint density at radius 3 is 2.38 bits per heavy atom. The average Bonchev–Trinajstić information content (AvgIpc) is 2.46. The Hall–Kier alpha value is -1.62. The molecule has 112 valence electrons. The molecule has 2 nitrogen and oxygen atoms in total. The number of para-hydroxylation sites is 1. The van der Waals surface area contributed by atoms with E-state index in [1.54, 1.807) is 25.3 Å². The van der Waals surface area contributed by atoms with Crippen LogP contribution >= 0.6 is 15.9 Å². The van der Waals surface area contributed by atoms with E-state index >= 15 is 0 Å². The standard InChI is InChI=1S/C16H15BrF2O2/c1-10-9-11(20-2)7-8-12(10)15(17)13-5-3-4-6-14(13)21-16(18)19/h3-9,15-16H,1-2H3. The van der Waals surface area contributed by atoms with E-state index in [2.05, 4.69) is 20.7 Å². The van der Waals surface area contributed by atoms with Gasteiger partial charge in [-0.2, -0.15) is 8.78 Å². The Balaban J connectivity index is 2.38. The molecule has 2 rings (SSSR count). The van der Waals surface area contributed by atoms with Gasteiger partial charge in [-0.25, -0.2) is 0 Å². The maximum absolute atomic E-state index is 12.5. The Labute approximate surface area is 130 Å². The highest BCUT2D eigenvalue weighted by molar-refractivity contribution is 9.09. The van der Waals surface area contributed by atoms with Crippen molar-refractivity contribution in [3.63, 3.8) is 0 Å². The second-order valence-electron chi connectivity index (χ2n) is 4.50. The van der Waals surface area contributed by atoms with Crippen LogP contribution in [-0.2, 0) is 0 Å². The number of rotatable bonds is 5. The van der Waals surface area contributed by atoms with E-state index in [1.807, 2.05) is 25.1 Å². The molecule has 0 fully saturated rings. The normalized spacial score (nSPS) is 12.3. The zero-order chi connectivity index (χ0) is 15.4. The van der Waals surface area contributed by atoms with Crippen LogP contribution in [0.25, 0.3) is 0 Å². The summed E-state index contributed by atoms with van der Waals surface area (Å²) >= 11 is 3.57. The molecule has 2 aromatic rings. The third kappa shape index (κ3) is 3.73. The van der Waals surface area contributed by atoms with Crippen molar-refractivity contribution in [2.45, 2.75) is 18.4 Å². The van der Waals surface area contributed by atoms with E-state index in [1.165, 1.54) is 6.07 Å². The number of hydrogen-bond donors (Lipinski definition) is 0. The number of methoxy groups -OCH3 is 1. The lowest BCUT2D eigenvalue weighted by atomic mass is 9.99. The van der Waals surface area contributed by atoms with Crippen LogP contribution in [0.4, 0.5) is 8.78 Å². The summed E-state index contributed by atoms with van der Waals surface area (Å²) in [4.78, 5) is -0.238. The van der Waals surface area contributed by atoms with Gasteiger partial charge in [-0.1, -0.05) is 40.2 Å². The van der Waals surface area contributed by atoms with Crippen LogP contribution < -0.4 is 9.47 Å². The molecule has 0 amide bonds. The molecule has 1 atom stereocenters. The lowest BCUT2D eigenvalue weighted by molar-refractivity contribution is -0.0503. The Morgan fingerprint density at radius 1 is 1.05 bits per heavy atom. The molecular formula is C16H15BrF2O2. The summed E-state index contributed by atoms with van der Waals surface area (Å²) in [6, 6.07) is 12.4. The van der Waals surface area contributed by atoms with Crippen molar-refractivity contribution in [3.8, 4) is 11.5 Å². The Bertz CT molecular complexity index is 617. The zero-order valence-corrected chi connectivity index (χ0v) is 13.2. The monoisotopic (exact) mass is 356 g/mol. The van der Waals surface area contributed by atoms with Crippen LogP contribution in [0, 0.1) is 6.92 Å². The summed E-state index contributed by atoms with van der Waals surface area (Å²) in [7, 11) is 1.60. The van der Waals surface area contributed by atoms with Crippen LogP contribution in [0.5, 0.6) is 11.5 Å². The first-order valence-corrected chi connectivity index (χ1v) is 7.27. The maximum Gasteiger partial charge on any atom is 0.387 e. The number of alkyl halides is 3. The SMILES string of the molecule is COc1ccc(C(Br)c2ccccc2OC(F)F)c(C)c1. The average molecular weight is 357 g/mol. The minimum absolute atomic E-state index is 0.171. The van der Waals surface area contributed by atoms with Crippen molar-refractivity contribution < 1.29 is 18.3 Å². The van der Waals surface area contributed by atoms with Crippen LogP contribution in [0.1, 0.15) is 21.5 Å². The summed E-state index contributed by atoms with van der Waals surface area (Å²) < 4.78 is 34.7. The number of hydrogen-bond acceptors (Lipinski definition) is 2. The molecular weight excluding hydrogens is 342 g/mol. The van der Waals surface area contributed by atoms with E-state index < -0.39 is 6.61 Å². The van der Waals surface area contributed by atoms with Crippen molar-refractivity contribution in [3.05, 3.63) is 59.2 Å². The molecule has 0 aliphatic rings. The fourth-order valence-corrected chi connectivity index (χ4v) is 3.01. The van der Waals surface area contributed by atoms with Gasteiger partial charge in [0.15, 0.2) is 0 Å². The molecule has 0 saturated heterocycles. The lowest BCUT2D eigenvalue weighted by Gasteiger charge is -2.18. The van der Waals surface area contributed by atoms with Gasteiger partial charge >= 0.3 is 6.61 Å².